The van der Waals surface area contributed by atoms with Crippen LogP contribution in [0.5, 0.6) is 0 Å². The van der Waals surface area contributed by atoms with Gasteiger partial charge >= 0.3 is 6.18 Å². The zero-order valence-corrected chi connectivity index (χ0v) is 16.5. The van der Waals surface area contributed by atoms with E-state index in [-0.39, 0.29) is 11.1 Å². The fourth-order valence-electron chi connectivity index (χ4n) is 2.91. The second-order valence-electron chi connectivity index (χ2n) is 6.69. The van der Waals surface area contributed by atoms with Crippen molar-refractivity contribution in [1.82, 2.24) is 24.2 Å². The standard InChI is InChI=1S/C16H20ClF3N6S/c1-11(2)25-9-22-26(15(25)27)10-23-3-5-24(6-4-23)14-13(17)7-12(8-21-14)16(18,19)20/h7-9,11H,3-6,10H2,1-2H3. The number of rotatable bonds is 4. The summed E-state index contributed by atoms with van der Waals surface area (Å²) in [6.45, 7) is 7.28. The third-order valence-electron chi connectivity index (χ3n) is 4.47. The minimum atomic E-state index is -4.45. The Labute approximate surface area is 165 Å². The Morgan fingerprint density at radius 1 is 1.22 bits per heavy atom. The molecule has 0 amide bonds. The molecule has 0 aliphatic carbocycles. The number of hydrogen-bond donors (Lipinski definition) is 0. The van der Waals surface area contributed by atoms with Gasteiger partial charge in [0.2, 0.25) is 0 Å². The molecule has 3 heterocycles. The topological polar surface area (TPSA) is 42.1 Å². The van der Waals surface area contributed by atoms with Crippen LogP contribution in [0.2, 0.25) is 5.02 Å². The van der Waals surface area contributed by atoms with Crippen molar-refractivity contribution in [2.24, 2.45) is 0 Å². The largest absolute Gasteiger partial charge is 0.417 e. The van der Waals surface area contributed by atoms with Crippen LogP contribution in [-0.4, -0.2) is 50.4 Å². The molecule has 1 aliphatic heterocycles. The van der Waals surface area contributed by atoms with E-state index in [4.69, 9.17) is 23.8 Å². The van der Waals surface area contributed by atoms with Crippen molar-refractivity contribution in [3.8, 4) is 0 Å². The summed E-state index contributed by atoms with van der Waals surface area (Å²) in [5.74, 6) is 0.380. The fourth-order valence-corrected chi connectivity index (χ4v) is 3.56. The zero-order valence-electron chi connectivity index (χ0n) is 14.9. The van der Waals surface area contributed by atoms with Crippen molar-refractivity contribution in [3.05, 3.63) is 33.9 Å². The minimum Gasteiger partial charge on any atom is -0.353 e. The first kappa shape index (κ1) is 20.1. The molecule has 3 rings (SSSR count). The van der Waals surface area contributed by atoms with E-state index in [2.05, 4.69) is 15.0 Å². The molecule has 6 nitrogen and oxygen atoms in total. The highest BCUT2D eigenvalue weighted by atomic mass is 35.5. The Bertz CT molecular complexity index is 855. The highest BCUT2D eigenvalue weighted by Crippen LogP contribution is 2.33. The number of hydrogen-bond acceptors (Lipinski definition) is 5. The van der Waals surface area contributed by atoms with Crippen LogP contribution in [0.4, 0.5) is 19.0 Å². The minimum absolute atomic E-state index is 0.0103. The van der Waals surface area contributed by atoms with Crippen LogP contribution in [-0.2, 0) is 12.8 Å². The molecular weight excluding hydrogens is 401 g/mol. The van der Waals surface area contributed by atoms with Gasteiger partial charge in [-0.1, -0.05) is 11.6 Å². The number of alkyl halides is 3. The molecule has 2 aromatic rings. The number of piperazine rings is 1. The smallest absolute Gasteiger partial charge is 0.353 e. The summed E-state index contributed by atoms with van der Waals surface area (Å²) in [5, 5.41) is 4.35. The summed E-state index contributed by atoms with van der Waals surface area (Å²) in [5.41, 5.74) is -0.843. The monoisotopic (exact) mass is 420 g/mol. The van der Waals surface area contributed by atoms with Crippen LogP contribution in [0.3, 0.4) is 0 Å². The van der Waals surface area contributed by atoms with Crippen LogP contribution in [0.1, 0.15) is 25.5 Å². The van der Waals surface area contributed by atoms with Crippen molar-refractivity contribution in [2.45, 2.75) is 32.7 Å². The third kappa shape index (κ3) is 4.44. The van der Waals surface area contributed by atoms with Gasteiger partial charge in [-0.2, -0.15) is 18.3 Å². The number of pyridine rings is 1. The maximum atomic E-state index is 12.7. The van der Waals surface area contributed by atoms with Crippen LogP contribution in [0, 0.1) is 4.77 Å². The fraction of sp³-hybridized carbons (Fsp3) is 0.562. The van der Waals surface area contributed by atoms with Gasteiger partial charge in [0.1, 0.15) is 12.1 Å². The average Bonchev–Trinajstić information content (AvgIpc) is 2.96. The molecule has 0 atom stereocenters. The molecule has 0 unspecified atom stereocenters. The predicted molar refractivity (Wildman–Crippen MR) is 99.5 cm³/mol. The Hall–Kier alpha value is -1.65. The molecule has 0 N–H and O–H groups in total. The maximum absolute atomic E-state index is 12.7. The lowest BCUT2D eigenvalue weighted by atomic mass is 10.2. The molecule has 1 aliphatic rings. The van der Waals surface area contributed by atoms with Crippen molar-refractivity contribution >= 4 is 29.6 Å². The van der Waals surface area contributed by atoms with Gasteiger partial charge in [0, 0.05) is 38.4 Å². The quantitative estimate of drug-likeness (QED) is 0.703. The molecule has 0 radical (unpaired) electrons. The maximum Gasteiger partial charge on any atom is 0.417 e. The van der Waals surface area contributed by atoms with E-state index in [1.165, 1.54) is 0 Å². The van der Waals surface area contributed by atoms with Crippen molar-refractivity contribution in [1.29, 1.82) is 0 Å². The van der Waals surface area contributed by atoms with Gasteiger partial charge in [-0.15, -0.1) is 0 Å². The molecule has 2 aromatic heterocycles. The van der Waals surface area contributed by atoms with E-state index in [1.54, 1.807) is 11.0 Å². The Kier molecular flexibility index (Phi) is 5.78. The van der Waals surface area contributed by atoms with Gasteiger partial charge < -0.3 is 9.47 Å². The van der Waals surface area contributed by atoms with Crippen LogP contribution >= 0.6 is 23.8 Å². The normalized spacial score (nSPS) is 16.3. The molecule has 1 fully saturated rings. The van der Waals surface area contributed by atoms with Gasteiger partial charge in [0.05, 0.1) is 17.3 Å². The van der Waals surface area contributed by atoms with Crippen LogP contribution in [0.25, 0.3) is 0 Å². The molecule has 0 saturated carbocycles. The van der Waals surface area contributed by atoms with Crippen LogP contribution in [0.15, 0.2) is 18.6 Å². The second kappa shape index (κ2) is 7.76. The summed E-state index contributed by atoms with van der Waals surface area (Å²) < 4.78 is 42.6. The number of aromatic nitrogens is 4. The second-order valence-corrected chi connectivity index (χ2v) is 7.46. The Balaban J connectivity index is 1.63. The Morgan fingerprint density at radius 3 is 2.41 bits per heavy atom. The number of nitrogens with zero attached hydrogens (tertiary/aromatic N) is 6. The first-order valence-corrected chi connectivity index (χ1v) is 9.29. The molecule has 0 aromatic carbocycles. The summed E-state index contributed by atoms with van der Waals surface area (Å²) in [6.07, 6.45) is -1.90. The number of halogens is 4. The zero-order chi connectivity index (χ0) is 19.8. The molecule has 0 spiro atoms. The van der Waals surface area contributed by atoms with E-state index in [0.29, 0.717) is 43.4 Å². The summed E-state index contributed by atoms with van der Waals surface area (Å²) in [6, 6.07) is 1.17. The van der Waals surface area contributed by atoms with Gasteiger partial charge in [-0.05, 0) is 32.1 Å². The van der Waals surface area contributed by atoms with Gasteiger partial charge in [0.25, 0.3) is 0 Å². The molecule has 11 heteroatoms. The van der Waals surface area contributed by atoms with Crippen molar-refractivity contribution in [3.63, 3.8) is 0 Å². The summed E-state index contributed by atoms with van der Waals surface area (Å²) >= 11 is 11.5. The Morgan fingerprint density at radius 2 is 1.89 bits per heavy atom. The third-order valence-corrected chi connectivity index (χ3v) is 5.17. The van der Waals surface area contributed by atoms with Gasteiger partial charge in [-0.25, -0.2) is 9.67 Å². The predicted octanol–water partition coefficient (Wildman–Crippen LogP) is 3.84. The molecule has 1 saturated heterocycles. The van der Waals surface area contributed by atoms with E-state index in [9.17, 15) is 13.2 Å². The van der Waals surface area contributed by atoms with Gasteiger partial charge in [0.15, 0.2) is 4.77 Å². The van der Waals surface area contributed by atoms with E-state index < -0.39 is 11.7 Å². The first-order valence-electron chi connectivity index (χ1n) is 8.51. The lowest BCUT2D eigenvalue weighted by molar-refractivity contribution is -0.137. The summed E-state index contributed by atoms with van der Waals surface area (Å²) in [4.78, 5) is 8.01. The lowest BCUT2D eigenvalue weighted by Gasteiger charge is -2.35. The highest BCUT2D eigenvalue weighted by molar-refractivity contribution is 7.71. The number of anilines is 1. The summed E-state index contributed by atoms with van der Waals surface area (Å²) in [7, 11) is 0. The average molecular weight is 421 g/mol. The van der Waals surface area contributed by atoms with Crippen molar-refractivity contribution in [2.75, 3.05) is 31.1 Å². The van der Waals surface area contributed by atoms with E-state index in [0.717, 1.165) is 12.3 Å². The molecular formula is C16H20ClF3N6S. The first-order chi connectivity index (χ1) is 12.7. The van der Waals surface area contributed by atoms with Crippen LogP contribution < -0.4 is 4.90 Å². The van der Waals surface area contributed by atoms with Crippen molar-refractivity contribution < 1.29 is 13.2 Å². The lowest BCUT2D eigenvalue weighted by Crippen LogP contribution is -2.47. The molecule has 27 heavy (non-hydrogen) atoms. The molecule has 0 bridgehead atoms. The van der Waals surface area contributed by atoms with Gasteiger partial charge in [-0.3, -0.25) is 4.90 Å². The molecule has 148 valence electrons. The van der Waals surface area contributed by atoms with E-state index >= 15 is 0 Å². The highest BCUT2D eigenvalue weighted by Gasteiger charge is 2.32. The SMILES string of the molecule is CC(C)n1cnn(CN2CCN(c3ncc(C(F)(F)F)cc3Cl)CC2)c1=S. The van der Waals surface area contributed by atoms with E-state index in [1.807, 2.05) is 23.3 Å².